The van der Waals surface area contributed by atoms with Crippen LogP contribution < -0.4 is 10.1 Å². The van der Waals surface area contributed by atoms with Crippen LogP contribution in [0.5, 0.6) is 5.75 Å². The van der Waals surface area contributed by atoms with E-state index in [1.807, 2.05) is 44.2 Å². The maximum absolute atomic E-state index is 13.3. The molecule has 2 rings (SSSR count). The molecule has 0 saturated carbocycles. The number of hydrogen-bond donors (Lipinski definition) is 1. The number of amides is 1. The number of rotatable bonds is 7. The lowest BCUT2D eigenvalue weighted by molar-refractivity contribution is 0.0910. The van der Waals surface area contributed by atoms with Crippen molar-refractivity contribution in [3.63, 3.8) is 0 Å². The molecular formula is C27H38N2O2Si. The van der Waals surface area contributed by atoms with Gasteiger partial charge in [0.25, 0.3) is 5.91 Å². The molecule has 5 heteroatoms. The lowest BCUT2D eigenvalue weighted by Gasteiger charge is -2.38. The van der Waals surface area contributed by atoms with Crippen LogP contribution in [0, 0.1) is 11.5 Å². The van der Waals surface area contributed by atoms with Gasteiger partial charge < -0.3 is 10.1 Å². The van der Waals surface area contributed by atoms with Crippen molar-refractivity contribution in [2.45, 2.75) is 77.6 Å². The van der Waals surface area contributed by atoms with E-state index >= 15 is 0 Å². The number of carbonyl (C=O) groups excluding carboxylic acids is 1. The van der Waals surface area contributed by atoms with E-state index in [1.54, 1.807) is 19.4 Å². The summed E-state index contributed by atoms with van der Waals surface area (Å²) in [5.41, 5.74) is 6.73. The van der Waals surface area contributed by atoms with E-state index in [1.165, 1.54) is 0 Å². The van der Waals surface area contributed by atoms with Crippen LogP contribution in [0.2, 0.25) is 16.6 Å². The van der Waals surface area contributed by atoms with Gasteiger partial charge in [0.15, 0.2) is 0 Å². The van der Waals surface area contributed by atoms with Crippen LogP contribution >= 0.6 is 0 Å². The van der Waals surface area contributed by atoms with Gasteiger partial charge in [0, 0.05) is 11.8 Å². The molecule has 32 heavy (non-hydrogen) atoms. The molecule has 1 aromatic carbocycles. The number of aromatic nitrogens is 1. The Bertz CT molecular complexity index is 964. The number of nitrogens with one attached hydrogen (secondary N) is 1. The number of pyridine rings is 1. The Kier molecular flexibility index (Phi) is 8.31. The molecule has 4 nitrogen and oxygen atoms in total. The molecule has 1 aromatic heterocycles. The van der Waals surface area contributed by atoms with Crippen LogP contribution in [0.1, 0.15) is 77.0 Å². The molecule has 1 heterocycles. The molecule has 1 amide bonds. The van der Waals surface area contributed by atoms with Gasteiger partial charge in [-0.25, -0.2) is 0 Å². The highest BCUT2D eigenvalue weighted by molar-refractivity contribution is 6.90. The Balaban J connectivity index is 2.52. The monoisotopic (exact) mass is 450 g/mol. The first kappa shape index (κ1) is 25.7. The minimum Gasteiger partial charge on any atom is -0.497 e. The number of benzene rings is 1. The normalized spacial score (nSPS) is 12.0. The SMILES string of the molecule is COc1ccc(C(=O)NC(C)(C)c2ccccn2)c(C#C[Si](C(C)C)(C(C)C)C(C)C)c1. The van der Waals surface area contributed by atoms with Gasteiger partial charge in [-0.1, -0.05) is 53.5 Å². The molecule has 0 spiro atoms. The zero-order valence-electron chi connectivity index (χ0n) is 21.0. The number of ether oxygens (including phenoxy) is 1. The van der Waals surface area contributed by atoms with Crippen LogP contribution in [0.4, 0.5) is 0 Å². The number of hydrogen-bond acceptors (Lipinski definition) is 3. The fraction of sp³-hybridized carbons (Fsp3) is 0.481. The van der Waals surface area contributed by atoms with E-state index in [4.69, 9.17) is 4.74 Å². The van der Waals surface area contributed by atoms with E-state index in [2.05, 4.69) is 63.3 Å². The second-order valence-electron chi connectivity index (χ2n) is 9.85. The highest BCUT2D eigenvalue weighted by Gasteiger charge is 2.41. The molecule has 2 aromatic rings. The van der Waals surface area contributed by atoms with Gasteiger partial charge in [-0.15, -0.1) is 5.54 Å². The Morgan fingerprint density at radius 3 is 2.16 bits per heavy atom. The highest BCUT2D eigenvalue weighted by Crippen LogP contribution is 2.40. The van der Waals surface area contributed by atoms with Crippen molar-refractivity contribution in [1.29, 1.82) is 0 Å². The highest BCUT2D eigenvalue weighted by atomic mass is 28.3. The van der Waals surface area contributed by atoms with E-state index in [0.29, 0.717) is 33.5 Å². The number of carbonyl (C=O) groups is 1. The largest absolute Gasteiger partial charge is 0.497 e. The Hall–Kier alpha value is -2.58. The maximum atomic E-state index is 13.3. The van der Waals surface area contributed by atoms with Crippen molar-refractivity contribution >= 4 is 14.0 Å². The van der Waals surface area contributed by atoms with E-state index < -0.39 is 13.6 Å². The molecule has 0 bridgehead atoms. The topological polar surface area (TPSA) is 51.2 Å². The van der Waals surface area contributed by atoms with Gasteiger partial charge in [0.2, 0.25) is 0 Å². The summed E-state index contributed by atoms with van der Waals surface area (Å²) in [5, 5.41) is 3.13. The van der Waals surface area contributed by atoms with E-state index in [0.717, 1.165) is 5.69 Å². The quantitative estimate of drug-likeness (QED) is 0.396. The van der Waals surface area contributed by atoms with Crippen molar-refractivity contribution in [2.24, 2.45) is 0 Å². The van der Waals surface area contributed by atoms with Gasteiger partial charge in [-0.05, 0) is 60.8 Å². The maximum Gasteiger partial charge on any atom is 0.253 e. The fourth-order valence-corrected chi connectivity index (χ4v) is 9.93. The fourth-order valence-electron chi connectivity index (χ4n) is 4.71. The Morgan fingerprint density at radius 2 is 1.66 bits per heavy atom. The summed E-state index contributed by atoms with van der Waals surface area (Å²) in [5.74, 6) is 3.96. The number of methoxy groups -OCH3 is 1. The number of nitrogens with zero attached hydrogens (tertiary/aromatic N) is 1. The van der Waals surface area contributed by atoms with E-state index in [9.17, 15) is 4.79 Å². The molecule has 0 aliphatic rings. The standard InChI is InChI=1S/C27H38N2O2Si/c1-19(2)32(20(3)4,21(5)6)17-15-22-18-23(31-9)13-14-24(22)26(30)29-27(7,8)25-12-10-11-16-28-25/h10-14,16,18-21H,1-9H3,(H,29,30). The molecule has 0 radical (unpaired) electrons. The van der Waals surface area contributed by atoms with Crippen molar-refractivity contribution in [3.05, 3.63) is 59.4 Å². The van der Waals surface area contributed by atoms with Crippen molar-refractivity contribution in [2.75, 3.05) is 7.11 Å². The molecule has 0 unspecified atom stereocenters. The van der Waals surface area contributed by atoms with Gasteiger partial charge in [0.1, 0.15) is 13.8 Å². The third-order valence-corrected chi connectivity index (χ3v) is 12.8. The zero-order valence-corrected chi connectivity index (χ0v) is 22.0. The summed E-state index contributed by atoms with van der Waals surface area (Å²) < 4.78 is 5.44. The van der Waals surface area contributed by atoms with Crippen LogP contribution in [0.3, 0.4) is 0 Å². The Morgan fingerprint density at radius 1 is 1.03 bits per heavy atom. The average Bonchev–Trinajstić information content (AvgIpc) is 2.73. The molecule has 172 valence electrons. The zero-order chi connectivity index (χ0) is 24.1. The summed E-state index contributed by atoms with van der Waals surface area (Å²) in [6, 6.07) is 11.2. The predicted molar refractivity (Wildman–Crippen MR) is 136 cm³/mol. The first-order chi connectivity index (χ1) is 15.0. The van der Waals surface area contributed by atoms with Crippen LogP contribution in [0.15, 0.2) is 42.6 Å². The first-order valence-corrected chi connectivity index (χ1v) is 13.6. The van der Waals surface area contributed by atoms with Gasteiger partial charge in [-0.3, -0.25) is 9.78 Å². The summed E-state index contributed by atoms with van der Waals surface area (Å²) >= 11 is 0. The summed E-state index contributed by atoms with van der Waals surface area (Å²) in [6.07, 6.45) is 1.74. The molecule has 0 aliphatic heterocycles. The smallest absolute Gasteiger partial charge is 0.253 e. The average molecular weight is 451 g/mol. The minimum absolute atomic E-state index is 0.168. The third kappa shape index (κ3) is 5.42. The molecule has 0 aliphatic carbocycles. The lowest BCUT2D eigenvalue weighted by atomic mass is 9.98. The molecule has 0 atom stereocenters. The van der Waals surface area contributed by atoms with Crippen LogP contribution in [-0.4, -0.2) is 26.1 Å². The van der Waals surface area contributed by atoms with E-state index in [-0.39, 0.29) is 5.91 Å². The minimum atomic E-state index is -1.94. The molecular weight excluding hydrogens is 412 g/mol. The van der Waals surface area contributed by atoms with Crippen molar-refractivity contribution in [3.8, 4) is 17.2 Å². The molecule has 1 N–H and O–H groups in total. The van der Waals surface area contributed by atoms with Crippen molar-refractivity contribution in [1.82, 2.24) is 10.3 Å². The third-order valence-electron chi connectivity index (χ3n) is 6.48. The van der Waals surface area contributed by atoms with Gasteiger partial charge in [-0.2, -0.15) is 0 Å². The second kappa shape index (κ2) is 10.4. The predicted octanol–water partition coefficient (Wildman–Crippen LogP) is 6.32. The van der Waals surface area contributed by atoms with Crippen LogP contribution in [0.25, 0.3) is 0 Å². The van der Waals surface area contributed by atoms with Crippen LogP contribution in [-0.2, 0) is 5.54 Å². The summed E-state index contributed by atoms with van der Waals surface area (Å²) in [4.78, 5) is 17.8. The Labute approximate surface area is 195 Å². The second-order valence-corrected chi connectivity index (χ2v) is 15.4. The van der Waals surface area contributed by atoms with Gasteiger partial charge in [0.05, 0.1) is 23.9 Å². The first-order valence-electron chi connectivity index (χ1n) is 11.4. The molecule has 0 saturated heterocycles. The molecule has 0 fully saturated rings. The lowest BCUT2D eigenvalue weighted by Crippen LogP contribution is -2.43. The van der Waals surface area contributed by atoms with Gasteiger partial charge >= 0.3 is 0 Å². The summed E-state index contributed by atoms with van der Waals surface area (Å²) in [6.45, 7) is 17.6. The summed E-state index contributed by atoms with van der Waals surface area (Å²) in [7, 11) is -0.308. The van der Waals surface area contributed by atoms with Crippen molar-refractivity contribution < 1.29 is 9.53 Å².